The maximum Gasteiger partial charge on any atom is 0.272 e. The minimum atomic E-state index is -0.0102. The van der Waals surface area contributed by atoms with Crippen molar-refractivity contribution in [1.29, 1.82) is 0 Å². The van der Waals surface area contributed by atoms with Gasteiger partial charge in [-0.15, -0.1) is 0 Å². The molecule has 0 aliphatic carbocycles. The summed E-state index contributed by atoms with van der Waals surface area (Å²) in [4.78, 5) is 18.7. The zero-order chi connectivity index (χ0) is 14.7. The standard InChI is InChI=1S/C15H19N5O/c1-16-12-4-2-8-19(11-12)15(21)14-10-13(5-7-17-14)20-9-3-6-18-20/h3,5-7,9-10,12,16H,2,4,8,11H2,1H3. The molecule has 1 atom stereocenters. The zero-order valence-corrected chi connectivity index (χ0v) is 12.1. The number of nitrogens with one attached hydrogen (secondary N) is 1. The van der Waals surface area contributed by atoms with Crippen molar-refractivity contribution in [1.82, 2.24) is 25.0 Å². The Balaban J connectivity index is 1.80. The molecule has 0 spiro atoms. The monoisotopic (exact) mass is 285 g/mol. The molecule has 0 bridgehead atoms. The van der Waals surface area contributed by atoms with Crippen molar-refractivity contribution in [3.63, 3.8) is 0 Å². The summed E-state index contributed by atoms with van der Waals surface area (Å²) in [6.07, 6.45) is 7.35. The third kappa shape index (κ3) is 2.95. The summed E-state index contributed by atoms with van der Waals surface area (Å²) in [6.45, 7) is 1.54. The van der Waals surface area contributed by atoms with Crippen molar-refractivity contribution in [2.75, 3.05) is 20.1 Å². The number of hydrogen-bond donors (Lipinski definition) is 1. The van der Waals surface area contributed by atoms with E-state index in [9.17, 15) is 4.79 Å². The number of likely N-dealkylation sites (tertiary alicyclic amines) is 1. The van der Waals surface area contributed by atoms with Gasteiger partial charge in [-0.2, -0.15) is 5.10 Å². The maximum absolute atomic E-state index is 12.6. The van der Waals surface area contributed by atoms with Crippen LogP contribution in [-0.2, 0) is 0 Å². The molecule has 1 aliphatic rings. The fourth-order valence-electron chi connectivity index (χ4n) is 2.66. The molecule has 1 saturated heterocycles. The number of nitrogens with zero attached hydrogens (tertiary/aromatic N) is 4. The van der Waals surface area contributed by atoms with E-state index in [1.54, 1.807) is 23.1 Å². The molecule has 1 unspecified atom stereocenters. The Labute approximate surface area is 123 Å². The van der Waals surface area contributed by atoms with Crippen LogP contribution in [0.1, 0.15) is 23.3 Å². The van der Waals surface area contributed by atoms with Crippen molar-refractivity contribution in [2.24, 2.45) is 0 Å². The predicted octanol–water partition coefficient (Wildman–Crippen LogP) is 1.09. The van der Waals surface area contributed by atoms with Crippen LogP contribution in [0.25, 0.3) is 5.69 Å². The quantitative estimate of drug-likeness (QED) is 0.917. The molecule has 2 aromatic rings. The van der Waals surface area contributed by atoms with Crippen molar-refractivity contribution >= 4 is 5.91 Å². The average Bonchev–Trinajstić information content (AvgIpc) is 3.09. The number of carbonyl (C=O) groups excluding carboxylic acids is 1. The number of rotatable bonds is 3. The summed E-state index contributed by atoms with van der Waals surface area (Å²) in [6, 6.07) is 5.86. The second-order valence-electron chi connectivity index (χ2n) is 5.23. The molecule has 1 N–H and O–H groups in total. The Morgan fingerprint density at radius 1 is 1.43 bits per heavy atom. The molecule has 6 heteroatoms. The van der Waals surface area contributed by atoms with Crippen LogP contribution in [-0.4, -0.2) is 51.8 Å². The van der Waals surface area contributed by atoms with E-state index in [1.165, 1.54) is 0 Å². The third-order valence-electron chi connectivity index (χ3n) is 3.85. The Kier molecular flexibility index (Phi) is 3.96. The van der Waals surface area contributed by atoms with Crippen molar-refractivity contribution in [3.05, 3.63) is 42.5 Å². The van der Waals surface area contributed by atoms with Gasteiger partial charge in [-0.3, -0.25) is 9.78 Å². The van der Waals surface area contributed by atoms with E-state index >= 15 is 0 Å². The smallest absolute Gasteiger partial charge is 0.272 e. The van der Waals surface area contributed by atoms with Crippen molar-refractivity contribution in [3.8, 4) is 5.69 Å². The lowest BCUT2D eigenvalue weighted by molar-refractivity contribution is 0.0692. The third-order valence-corrected chi connectivity index (χ3v) is 3.85. The topological polar surface area (TPSA) is 63.1 Å². The van der Waals surface area contributed by atoms with Gasteiger partial charge in [-0.25, -0.2) is 4.68 Å². The lowest BCUT2D eigenvalue weighted by Crippen LogP contribution is -2.47. The molecule has 0 radical (unpaired) electrons. The molecule has 3 rings (SSSR count). The van der Waals surface area contributed by atoms with E-state index in [1.807, 2.05) is 30.3 Å². The lowest BCUT2D eigenvalue weighted by Gasteiger charge is -2.32. The normalized spacial score (nSPS) is 18.7. The molecule has 2 aromatic heterocycles. The molecule has 3 heterocycles. The van der Waals surface area contributed by atoms with Crippen LogP contribution in [0.5, 0.6) is 0 Å². The number of pyridine rings is 1. The molecular formula is C15H19N5O. The Morgan fingerprint density at radius 3 is 3.10 bits per heavy atom. The predicted molar refractivity (Wildman–Crippen MR) is 79.3 cm³/mol. The largest absolute Gasteiger partial charge is 0.336 e. The van der Waals surface area contributed by atoms with Crippen LogP contribution in [0, 0.1) is 0 Å². The number of piperidine rings is 1. The Morgan fingerprint density at radius 2 is 2.33 bits per heavy atom. The zero-order valence-electron chi connectivity index (χ0n) is 12.1. The SMILES string of the molecule is CNC1CCCN(C(=O)c2cc(-n3cccn3)ccn2)C1. The van der Waals surface area contributed by atoms with E-state index in [2.05, 4.69) is 15.4 Å². The first kappa shape index (κ1) is 13.8. The highest BCUT2D eigenvalue weighted by Crippen LogP contribution is 2.14. The van der Waals surface area contributed by atoms with Crippen LogP contribution in [0.2, 0.25) is 0 Å². The van der Waals surface area contributed by atoms with E-state index in [4.69, 9.17) is 0 Å². The first-order valence-electron chi connectivity index (χ1n) is 7.20. The van der Waals surface area contributed by atoms with Gasteiger partial charge in [0.2, 0.25) is 0 Å². The van der Waals surface area contributed by atoms with E-state index in [-0.39, 0.29) is 5.91 Å². The van der Waals surface area contributed by atoms with Crippen LogP contribution in [0.3, 0.4) is 0 Å². The molecule has 1 amide bonds. The number of amides is 1. The first-order chi connectivity index (χ1) is 10.3. The maximum atomic E-state index is 12.6. The minimum absolute atomic E-state index is 0.0102. The second kappa shape index (κ2) is 6.05. The molecule has 21 heavy (non-hydrogen) atoms. The fourth-order valence-corrected chi connectivity index (χ4v) is 2.66. The second-order valence-corrected chi connectivity index (χ2v) is 5.23. The minimum Gasteiger partial charge on any atom is -0.336 e. The van der Waals surface area contributed by atoms with Crippen LogP contribution in [0.15, 0.2) is 36.8 Å². The van der Waals surface area contributed by atoms with Crippen LogP contribution < -0.4 is 5.32 Å². The van der Waals surface area contributed by atoms with Gasteiger partial charge >= 0.3 is 0 Å². The number of hydrogen-bond acceptors (Lipinski definition) is 4. The number of aromatic nitrogens is 3. The highest BCUT2D eigenvalue weighted by molar-refractivity contribution is 5.92. The van der Waals surface area contributed by atoms with Gasteiger partial charge in [-0.1, -0.05) is 0 Å². The van der Waals surface area contributed by atoms with Crippen molar-refractivity contribution < 1.29 is 4.79 Å². The van der Waals surface area contributed by atoms with E-state index in [0.29, 0.717) is 11.7 Å². The average molecular weight is 285 g/mol. The van der Waals surface area contributed by atoms with Crippen LogP contribution >= 0.6 is 0 Å². The summed E-state index contributed by atoms with van der Waals surface area (Å²) in [5, 5.41) is 7.42. The van der Waals surface area contributed by atoms with Gasteiger partial charge in [-0.05, 0) is 38.1 Å². The van der Waals surface area contributed by atoms with Gasteiger partial charge in [0.15, 0.2) is 0 Å². The number of likely N-dealkylation sites (N-methyl/N-ethyl adjacent to an activating group) is 1. The summed E-state index contributed by atoms with van der Waals surface area (Å²) in [5.41, 5.74) is 1.32. The molecule has 1 aliphatic heterocycles. The fraction of sp³-hybridized carbons (Fsp3) is 0.400. The molecule has 6 nitrogen and oxygen atoms in total. The van der Waals surface area contributed by atoms with E-state index < -0.39 is 0 Å². The molecule has 0 saturated carbocycles. The van der Waals surface area contributed by atoms with Gasteiger partial charge in [0, 0.05) is 37.7 Å². The number of carbonyl (C=O) groups is 1. The summed E-state index contributed by atoms with van der Waals surface area (Å²) in [5.74, 6) is -0.0102. The molecule has 0 aromatic carbocycles. The van der Waals surface area contributed by atoms with Crippen LogP contribution in [0.4, 0.5) is 0 Å². The highest BCUT2D eigenvalue weighted by atomic mass is 16.2. The first-order valence-corrected chi connectivity index (χ1v) is 7.20. The molecule has 1 fully saturated rings. The summed E-state index contributed by atoms with van der Waals surface area (Å²) in [7, 11) is 1.94. The lowest BCUT2D eigenvalue weighted by atomic mass is 10.1. The van der Waals surface area contributed by atoms with Gasteiger partial charge in [0.05, 0.1) is 5.69 Å². The van der Waals surface area contributed by atoms with Gasteiger partial charge < -0.3 is 10.2 Å². The van der Waals surface area contributed by atoms with Gasteiger partial charge in [0.25, 0.3) is 5.91 Å². The summed E-state index contributed by atoms with van der Waals surface area (Å²) < 4.78 is 1.73. The molecular weight excluding hydrogens is 266 g/mol. The Hall–Kier alpha value is -2.21. The highest BCUT2D eigenvalue weighted by Gasteiger charge is 2.24. The van der Waals surface area contributed by atoms with E-state index in [0.717, 1.165) is 31.6 Å². The Bertz CT molecular complexity index is 610. The molecule has 110 valence electrons. The van der Waals surface area contributed by atoms with Gasteiger partial charge in [0.1, 0.15) is 5.69 Å². The van der Waals surface area contributed by atoms with Crippen molar-refractivity contribution in [2.45, 2.75) is 18.9 Å². The summed E-state index contributed by atoms with van der Waals surface area (Å²) >= 11 is 0.